The van der Waals surface area contributed by atoms with Gasteiger partial charge < -0.3 is 15.0 Å². The summed E-state index contributed by atoms with van der Waals surface area (Å²) in [6.45, 7) is 3.22. The fourth-order valence-electron chi connectivity index (χ4n) is 3.21. The molecule has 3 saturated heterocycles. The molecule has 110 valence electrons. The average molecular weight is 285 g/mol. The number of nitriles is 1. The molecular weight excluding hydrogens is 266 g/mol. The monoisotopic (exact) mass is 285 g/mol. The third-order valence-corrected chi connectivity index (χ3v) is 4.37. The number of rotatable bonds is 4. The molecule has 1 atom stereocenters. The van der Waals surface area contributed by atoms with Crippen molar-refractivity contribution in [2.24, 2.45) is 5.92 Å². The van der Waals surface area contributed by atoms with Crippen LogP contribution < -0.4 is 10.1 Å². The van der Waals surface area contributed by atoms with Crippen LogP contribution in [-0.2, 0) is 4.79 Å². The van der Waals surface area contributed by atoms with E-state index in [9.17, 15) is 4.79 Å². The quantitative estimate of drug-likeness (QED) is 0.901. The van der Waals surface area contributed by atoms with Crippen LogP contribution in [0.5, 0.6) is 5.75 Å². The third kappa shape index (κ3) is 3.17. The Morgan fingerprint density at radius 3 is 2.81 bits per heavy atom. The standard InChI is InChI=1S/C16H19N3O2/c17-9-13-3-1-2-4-15(13)21-11-16(20)18-14-10-19-7-5-12(14)6-8-19/h1-4,12,14H,5-8,10-11H2,(H,18,20). The van der Waals surface area contributed by atoms with Gasteiger partial charge in [0.05, 0.1) is 5.56 Å². The van der Waals surface area contributed by atoms with Crippen LogP contribution in [0, 0.1) is 17.2 Å². The summed E-state index contributed by atoms with van der Waals surface area (Å²) in [5, 5.41) is 12.0. The SMILES string of the molecule is N#Cc1ccccc1OCC(=O)NC1CN2CCC1CC2. The first-order valence-electron chi connectivity index (χ1n) is 7.40. The highest BCUT2D eigenvalue weighted by atomic mass is 16.5. The Kier molecular flexibility index (Phi) is 4.07. The van der Waals surface area contributed by atoms with Gasteiger partial charge in [-0.05, 0) is 44.0 Å². The van der Waals surface area contributed by atoms with Gasteiger partial charge in [-0.3, -0.25) is 4.79 Å². The maximum atomic E-state index is 12.0. The van der Waals surface area contributed by atoms with Gasteiger partial charge in [0, 0.05) is 12.6 Å². The van der Waals surface area contributed by atoms with Gasteiger partial charge in [0.1, 0.15) is 11.8 Å². The van der Waals surface area contributed by atoms with Gasteiger partial charge in [0.25, 0.3) is 5.91 Å². The Labute approximate surface area is 124 Å². The molecule has 0 aliphatic carbocycles. The van der Waals surface area contributed by atoms with Crippen molar-refractivity contribution in [1.29, 1.82) is 5.26 Å². The highest BCUT2D eigenvalue weighted by Crippen LogP contribution is 2.27. The van der Waals surface area contributed by atoms with Crippen LogP contribution >= 0.6 is 0 Å². The molecule has 5 heteroatoms. The summed E-state index contributed by atoms with van der Waals surface area (Å²) in [7, 11) is 0. The molecule has 3 fully saturated rings. The number of piperidine rings is 3. The molecule has 0 radical (unpaired) electrons. The first kappa shape index (κ1) is 13.9. The lowest BCUT2D eigenvalue weighted by Crippen LogP contribution is -2.57. The van der Waals surface area contributed by atoms with Crippen molar-refractivity contribution < 1.29 is 9.53 Å². The normalized spacial score (nSPS) is 26.9. The minimum Gasteiger partial charge on any atom is -0.482 e. The van der Waals surface area contributed by atoms with Crippen LogP contribution in [0.3, 0.4) is 0 Å². The lowest BCUT2D eigenvalue weighted by molar-refractivity contribution is -0.125. The first-order chi connectivity index (χ1) is 10.3. The molecule has 4 rings (SSSR count). The minimum atomic E-state index is -0.110. The van der Waals surface area contributed by atoms with E-state index in [2.05, 4.69) is 16.3 Å². The molecule has 0 aromatic heterocycles. The minimum absolute atomic E-state index is 0.0398. The van der Waals surface area contributed by atoms with Gasteiger partial charge in [-0.15, -0.1) is 0 Å². The van der Waals surface area contributed by atoms with Crippen LogP contribution in [0.4, 0.5) is 0 Å². The van der Waals surface area contributed by atoms with Crippen molar-refractivity contribution >= 4 is 5.91 Å². The number of nitrogens with zero attached hydrogens (tertiary/aromatic N) is 2. The fourth-order valence-corrected chi connectivity index (χ4v) is 3.21. The summed E-state index contributed by atoms with van der Waals surface area (Å²) in [5.41, 5.74) is 0.452. The molecule has 1 N–H and O–H groups in total. The highest BCUT2D eigenvalue weighted by molar-refractivity contribution is 5.78. The number of ether oxygens (including phenoxy) is 1. The largest absolute Gasteiger partial charge is 0.482 e. The number of nitrogens with one attached hydrogen (secondary N) is 1. The second-order valence-corrected chi connectivity index (χ2v) is 5.71. The average Bonchev–Trinajstić information content (AvgIpc) is 2.54. The van der Waals surface area contributed by atoms with Crippen molar-refractivity contribution in [1.82, 2.24) is 10.2 Å². The molecule has 3 heterocycles. The number of para-hydroxylation sites is 1. The van der Waals surface area contributed by atoms with E-state index in [1.807, 2.05) is 0 Å². The zero-order valence-electron chi connectivity index (χ0n) is 11.9. The Hall–Kier alpha value is -2.06. The molecule has 1 unspecified atom stereocenters. The van der Waals surface area contributed by atoms with Crippen molar-refractivity contribution in [3.05, 3.63) is 29.8 Å². The maximum absolute atomic E-state index is 12.0. The van der Waals surface area contributed by atoms with E-state index in [4.69, 9.17) is 10.00 Å². The predicted octanol–water partition coefficient (Wildman–Crippen LogP) is 1.15. The third-order valence-electron chi connectivity index (χ3n) is 4.37. The molecule has 2 bridgehead atoms. The van der Waals surface area contributed by atoms with Crippen LogP contribution in [-0.4, -0.2) is 43.1 Å². The van der Waals surface area contributed by atoms with E-state index in [1.54, 1.807) is 24.3 Å². The molecule has 0 spiro atoms. The second kappa shape index (κ2) is 6.15. The summed E-state index contributed by atoms with van der Waals surface area (Å²) in [5.74, 6) is 0.955. The van der Waals surface area contributed by atoms with Crippen molar-refractivity contribution in [2.75, 3.05) is 26.2 Å². The van der Waals surface area contributed by atoms with Crippen LogP contribution in [0.1, 0.15) is 18.4 Å². The number of carbonyl (C=O) groups is 1. The number of carbonyl (C=O) groups excluding carboxylic acids is 1. The topological polar surface area (TPSA) is 65.4 Å². The van der Waals surface area contributed by atoms with Gasteiger partial charge in [-0.2, -0.15) is 5.26 Å². The summed E-state index contributed by atoms with van der Waals surface area (Å²) < 4.78 is 5.46. The van der Waals surface area contributed by atoms with E-state index in [0.717, 1.165) is 19.6 Å². The van der Waals surface area contributed by atoms with Gasteiger partial charge in [-0.25, -0.2) is 0 Å². The van der Waals surface area contributed by atoms with E-state index >= 15 is 0 Å². The number of benzene rings is 1. The zero-order valence-corrected chi connectivity index (χ0v) is 11.9. The molecule has 1 aromatic rings. The van der Waals surface area contributed by atoms with Crippen molar-refractivity contribution in [2.45, 2.75) is 18.9 Å². The van der Waals surface area contributed by atoms with Gasteiger partial charge in [-0.1, -0.05) is 12.1 Å². The van der Waals surface area contributed by atoms with E-state index in [1.165, 1.54) is 12.8 Å². The number of amides is 1. The molecule has 3 aliphatic rings. The second-order valence-electron chi connectivity index (χ2n) is 5.71. The predicted molar refractivity (Wildman–Crippen MR) is 77.7 cm³/mol. The zero-order chi connectivity index (χ0) is 14.7. The van der Waals surface area contributed by atoms with Gasteiger partial charge in [0.15, 0.2) is 6.61 Å². The summed E-state index contributed by atoms with van der Waals surface area (Å²) >= 11 is 0. The molecule has 0 saturated carbocycles. The summed E-state index contributed by atoms with van der Waals surface area (Å²) in [4.78, 5) is 14.4. The van der Waals surface area contributed by atoms with E-state index < -0.39 is 0 Å². The number of hydrogen-bond donors (Lipinski definition) is 1. The molecular formula is C16H19N3O2. The molecule has 1 amide bonds. The van der Waals surface area contributed by atoms with Crippen LogP contribution in [0.25, 0.3) is 0 Å². The Morgan fingerprint density at radius 1 is 1.38 bits per heavy atom. The lowest BCUT2D eigenvalue weighted by atomic mass is 9.84. The molecule has 5 nitrogen and oxygen atoms in total. The highest BCUT2D eigenvalue weighted by Gasteiger charge is 2.34. The molecule has 3 aliphatic heterocycles. The number of hydrogen-bond acceptors (Lipinski definition) is 4. The van der Waals surface area contributed by atoms with Crippen LogP contribution in [0.15, 0.2) is 24.3 Å². The van der Waals surface area contributed by atoms with E-state index in [-0.39, 0.29) is 18.6 Å². The Bertz CT molecular complexity index is 559. The summed E-state index contributed by atoms with van der Waals surface area (Å²) in [6, 6.07) is 9.26. The van der Waals surface area contributed by atoms with Crippen molar-refractivity contribution in [3.63, 3.8) is 0 Å². The smallest absolute Gasteiger partial charge is 0.258 e. The molecule has 21 heavy (non-hydrogen) atoms. The lowest BCUT2D eigenvalue weighted by Gasteiger charge is -2.44. The maximum Gasteiger partial charge on any atom is 0.258 e. The first-order valence-corrected chi connectivity index (χ1v) is 7.40. The van der Waals surface area contributed by atoms with Gasteiger partial charge >= 0.3 is 0 Å². The van der Waals surface area contributed by atoms with Crippen molar-refractivity contribution in [3.8, 4) is 11.8 Å². The van der Waals surface area contributed by atoms with E-state index in [0.29, 0.717) is 17.2 Å². The fraction of sp³-hybridized carbons (Fsp3) is 0.500. The number of fused-ring (bicyclic) bond motifs is 3. The summed E-state index contributed by atoms with van der Waals surface area (Å²) in [6.07, 6.45) is 2.34. The Morgan fingerprint density at radius 2 is 2.14 bits per heavy atom. The van der Waals surface area contributed by atoms with Gasteiger partial charge in [0.2, 0.25) is 0 Å². The van der Waals surface area contributed by atoms with Crippen LogP contribution in [0.2, 0.25) is 0 Å². The Balaban J connectivity index is 1.52. The molecule has 1 aromatic carbocycles.